The van der Waals surface area contributed by atoms with E-state index in [1.165, 1.54) is 0 Å². The predicted molar refractivity (Wildman–Crippen MR) is 79.6 cm³/mol. The first-order valence-electron chi connectivity index (χ1n) is 7.70. The third-order valence-corrected chi connectivity index (χ3v) is 4.62. The lowest BCUT2D eigenvalue weighted by molar-refractivity contribution is 0.132. The molecule has 1 heterocycles. The first kappa shape index (κ1) is 16.6. The minimum Gasteiger partial charge on any atom is -0.335 e. The van der Waals surface area contributed by atoms with Gasteiger partial charge in [0.25, 0.3) is 0 Å². The van der Waals surface area contributed by atoms with Crippen LogP contribution in [0, 0.1) is 28.8 Å². The van der Waals surface area contributed by atoms with E-state index in [1.54, 1.807) is 4.90 Å². The summed E-state index contributed by atoms with van der Waals surface area (Å²) >= 11 is 0. The largest absolute Gasteiger partial charge is 0.335 e. The molecule has 1 aromatic carbocycles. The Balaban J connectivity index is 1.59. The average molecular weight is 338 g/mol. The van der Waals surface area contributed by atoms with Crippen molar-refractivity contribution in [3.63, 3.8) is 0 Å². The Kier molecular flexibility index (Phi) is 4.37. The van der Waals surface area contributed by atoms with Crippen molar-refractivity contribution < 1.29 is 18.0 Å². The minimum absolute atomic E-state index is 0.224. The van der Waals surface area contributed by atoms with Crippen LogP contribution < -0.4 is 5.32 Å². The molecule has 1 aromatic rings. The second kappa shape index (κ2) is 6.32. The van der Waals surface area contributed by atoms with Crippen molar-refractivity contribution in [3.05, 3.63) is 35.1 Å². The van der Waals surface area contributed by atoms with Crippen LogP contribution >= 0.6 is 0 Å². The van der Waals surface area contributed by atoms with Crippen LogP contribution in [0.5, 0.6) is 0 Å². The first-order valence-corrected chi connectivity index (χ1v) is 7.70. The first-order chi connectivity index (χ1) is 11.4. The van der Waals surface area contributed by atoms with Crippen LogP contribution in [0.25, 0.3) is 0 Å². The topological polar surface area (TPSA) is 59.4 Å². The third kappa shape index (κ3) is 3.17. The van der Waals surface area contributed by atoms with Crippen LogP contribution in [0.15, 0.2) is 12.1 Å². The molecule has 0 spiro atoms. The summed E-state index contributed by atoms with van der Waals surface area (Å²) < 4.78 is 39.6. The second-order valence-corrected chi connectivity index (χ2v) is 6.27. The molecule has 1 aliphatic heterocycles. The van der Waals surface area contributed by atoms with Gasteiger partial charge >= 0.3 is 6.03 Å². The highest BCUT2D eigenvalue weighted by molar-refractivity contribution is 5.75. The number of amides is 2. The Bertz CT molecular complexity index is 682. The maximum atomic E-state index is 13.3. The number of likely N-dealkylation sites (N-methyl/N-ethyl adjacent to an activating group) is 1. The smallest absolute Gasteiger partial charge is 0.317 e. The number of hydrogen-bond donors (Lipinski definition) is 1. The summed E-state index contributed by atoms with van der Waals surface area (Å²) in [5, 5.41) is 11.9. The van der Waals surface area contributed by atoms with Crippen LogP contribution in [0.3, 0.4) is 0 Å². The van der Waals surface area contributed by atoms with Crippen LogP contribution in [0.4, 0.5) is 18.0 Å². The maximum absolute atomic E-state index is 13.3. The van der Waals surface area contributed by atoms with Crippen molar-refractivity contribution >= 4 is 6.03 Å². The number of halogens is 3. The lowest BCUT2D eigenvalue weighted by atomic mass is 10.1. The monoisotopic (exact) mass is 338 g/mol. The molecule has 1 saturated carbocycles. The van der Waals surface area contributed by atoms with Crippen LogP contribution in [-0.2, 0) is 0 Å². The van der Waals surface area contributed by atoms with Gasteiger partial charge in [0.15, 0.2) is 17.5 Å². The Labute approximate surface area is 137 Å². The summed E-state index contributed by atoms with van der Waals surface area (Å²) in [5.41, 5.74) is 0.338. The van der Waals surface area contributed by atoms with E-state index in [0.717, 1.165) is 12.1 Å². The SMILES string of the molecule is CN1CCN(C(=O)N[C@@H]2C[C@H]2c2cc(F)c(F)c(F)c2)CC1C#N. The van der Waals surface area contributed by atoms with Crippen LogP contribution in [0.1, 0.15) is 17.9 Å². The van der Waals surface area contributed by atoms with Crippen molar-refractivity contribution in [2.75, 3.05) is 26.7 Å². The van der Waals surface area contributed by atoms with Gasteiger partial charge in [-0.2, -0.15) is 5.26 Å². The minimum atomic E-state index is -1.49. The number of nitriles is 1. The van der Waals surface area contributed by atoms with E-state index in [-0.39, 0.29) is 24.0 Å². The summed E-state index contributed by atoms with van der Waals surface area (Å²) in [6, 6.07) is 3.21. The molecule has 3 rings (SSSR count). The van der Waals surface area contributed by atoms with E-state index in [4.69, 9.17) is 5.26 Å². The summed E-state index contributed by atoms with van der Waals surface area (Å²) in [6.07, 6.45) is 0.547. The van der Waals surface area contributed by atoms with Crippen molar-refractivity contribution in [2.45, 2.75) is 24.4 Å². The van der Waals surface area contributed by atoms with Gasteiger partial charge in [-0.25, -0.2) is 18.0 Å². The molecule has 0 radical (unpaired) electrons. The predicted octanol–water partition coefficient (Wildman–Crippen LogP) is 1.81. The summed E-state index contributed by atoms with van der Waals surface area (Å²) in [6.45, 7) is 1.43. The highest BCUT2D eigenvalue weighted by Crippen LogP contribution is 2.41. The molecule has 2 amide bonds. The van der Waals surface area contributed by atoms with Gasteiger partial charge in [0, 0.05) is 25.0 Å². The number of nitrogens with zero attached hydrogens (tertiary/aromatic N) is 3. The maximum Gasteiger partial charge on any atom is 0.317 e. The fourth-order valence-corrected chi connectivity index (χ4v) is 2.96. The number of rotatable bonds is 2. The zero-order valence-electron chi connectivity index (χ0n) is 13.1. The summed E-state index contributed by atoms with van der Waals surface area (Å²) in [7, 11) is 1.83. The van der Waals surface area contributed by atoms with E-state index in [2.05, 4.69) is 11.4 Å². The summed E-state index contributed by atoms with van der Waals surface area (Å²) in [5.74, 6) is -4.16. The number of carbonyl (C=O) groups excluding carboxylic acids is 1. The number of carbonyl (C=O) groups is 1. The average Bonchev–Trinajstić information content (AvgIpc) is 3.31. The summed E-state index contributed by atoms with van der Waals surface area (Å²) in [4.78, 5) is 15.7. The van der Waals surface area contributed by atoms with E-state index < -0.39 is 17.5 Å². The van der Waals surface area contributed by atoms with E-state index in [1.807, 2.05) is 11.9 Å². The van der Waals surface area contributed by atoms with Crippen molar-refractivity contribution in [3.8, 4) is 6.07 Å². The molecule has 1 saturated heterocycles. The molecule has 128 valence electrons. The zero-order chi connectivity index (χ0) is 17.4. The van der Waals surface area contributed by atoms with Gasteiger partial charge in [0.05, 0.1) is 12.6 Å². The van der Waals surface area contributed by atoms with Crippen LogP contribution in [0.2, 0.25) is 0 Å². The number of hydrogen-bond acceptors (Lipinski definition) is 3. The number of piperazine rings is 1. The lowest BCUT2D eigenvalue weighted by Gasteiger charge is -2.36. The normalized spacial score (nSPS) is 26.8. The molecule has 1 unspecified atom stereocenters. The van der Waals surface area contributed by atoms with E-state index in [0.29, 0.717) is 31.6 Å². The third-order valence-electron chi connectivity index (χ3n) is 4.62. The number of urea groups is 1. The van der Waals surface area contributed by atoms with E-state index >= 15 is 0 Å². The zero-order valence-corrected chi connectivity index (χ0v) is 13.1. The van der Waals surface area contributed by atoms with Crippen LogP contribution in [-0.4, -0.2) is 54.6 Å². The molecular formula is C16H17F3N4O. The Morgan fingerprint density at radius 1 is 1.29 bits per heavy atom. The quantitative estimate of drug-likeness (QED) is 0.837. The molecule has 3 atom stereocenters. The Morgan fingerprint density at radius 3 is 2.58 bits per heavy atom. The standard InChI is InChI=1S/C16H17F3N4O/c1-22-2-3-23(8-10(22)7-20)16(24)21-14-6-11(14)9-4-12(17)15(19)13(18)5-9/h4-5,10-11,14H,2-3,6,8H2,1H3,(H,21,24)/t10?,11-,14+/m0/s1. The highest BCUT2D eigenvalue weighted by Gasteiger charge is 2.41. The molecule has 24 heavy (non-hydrogen) atoms. The molecule has 5 nitrogen and oxygen atoms in total. The molecule has 2 aliphatic rings. The molecule has 0 bridgehead atoms. The van der Waals surface area contributed by atoms with Gasteiger partial charge < -0.3 is 10.2 Å². The second-order valence-electron chi connectivity index (χ2n) is 6.27. The van der Waals surface area contributed by atoms with Gasteiger partial charge in [-0.1, -0.05) is 0 Å². The number of benzene rings is 1. The lowest BCUT2D eigenvalue weighted by Crippen LogP contribution is -2.55. The van der Waals surface area contributed by atoms with Gasteiger partial charge in [0.1, 0.15) is 6.04 Å². The van der Waals surface area contributed by atoms with Gasteiger partial charge in [-0.3, -0.25) is 4.90 Å². The number of nitrogens with one attached hydrogen (secondary N) is 1. The molecule has 2 fully saturated rings. The van der Waals surface area contributed by atoms with Gasteiger partial charge in [0.2, 0.25) is 0 Å². The fraction of sp³-hybridized carbons (Fsp3) is 0.500. The molecule has 0 aromatic heterocycles. The van der Waals surface area contributed by atoms with Crippen molar-refractivity contribution in [1.82, 2.24) is 15.1 Å². The molecular weight excluding hydrogens is 321 g/mol. The van der Waals surface area contributed by atoms with Gasteiger partial charge in [-0.15, -0.1) is 0 Å². The molecule has 1 aliphatic carbocycles. The van der Waals surface area contributed by atoms with Crippen molar-refractivity contribution in [2.24, 2.45) is 0 Å². The highest BCUT2D eigenvalue weighted by atomic mass is 19.2. The molecule has 8 heteroatoms. The fourth-order valence-electron chi connectivity index (χ4n) is 2.96. The van der Waals surface area contributed by atoms with Gasteiger partial charge in [-0.05, 0) is 31.2 Å². The van der Waals surface area contributed by atoms with Crippen molar-refractivity contribution in [1.29, 1.82) is 5.26 Å². The van der Waals surface area contributed by atoms with E-state index in [9.17, 15) is 18.0 Å². The Morgan fingerprint density at radius 2 is 1.96 bits per heavy atom. The Hall–Kier alpha value is -2.27. The molecule has 1 N–H and O–H groups in total.